The molecule has 4 atom stereocenters. The van der Waals surface area contributed by atoms with Crippen molar-refractivity contribution in [2.75, 3.05) is 0 Å². The first-order valence-corrected chi connectivity index (χ1v) is 17.3. The number of unbranched alkanes of at least 4 members (excludes halogenated alkanes) is 15. The van der Waals surface area contributed by atoms with Crippen LogP contribution in [-0.2, 0) is 9.59 Å². The number of rotatable bonds is 27. The highest BCUT2D eigenvalue weighted by atomic mass is 16.4. The minimum atomic E-state index is -0.676. The molecule has 0 spiro atoms. The smallest absolute Gasteiger partial charge is 0.303 e. The fraction of sp³-hybridized carbons (Fsp3) is 0.833. The van der Waals surface area contributed by atoms with E-state index in [1.807, 2.05) is 0 Å². The Morgan fingerprint density at radius 2 is 1.02 bits per heavy atom. The summed E-state index contributed by atoms with van der Waals surface area (Å²) in [5, 5.41) is 17.7. The van der Waals surface area contributed by atoms with E-state index in [0.29, 0.717) is 24.7 Å². The predicted octanol–water partition coefficient (Wildman–Crippen LogP) is 11.1. The average Bonchev–Trinajstić information content (AvgIpc) is 2.93. The molecule has 0 bridgehead atoms. The molecule has 0 unspecified atom stereocenters. The van der Waals surface area contributed by atoms with Crippen molar-refractivity contribution in [1.29, 1.82) is 0 Å². The molecular weight excluding hydrogens is 496 g/mol. The summed E-state index contributed by atoms with van der Waals surface area (Å²) < 4.78 is 0. The molecule has 0 aromatic rings. The first-order valence-electron chi connectivity index (χ1n) is 17.3. The Kier molecular flexibility index (Phi) is 22.9. The molecular formula is C36H64O4. The van der Waals surface area contributed by atoms with Gasteiger partial charge in [-0.2, -0.15) is 0 Å². The number of hydrogen-bond acceptors (Lipinski definition) is 2. The molecule has 0 aromatic heterocycles. The molecule has 4 nitrogen and oxygen atoms in total. The summed E-state index contributed by atoms with van der Waals surface area (Å²) in [6, 6.07) is 0. The Balaban J connectivity index is 2.74. The molecule has 1 aliphatic rings. The van der Waals surface area contributed by atoms with Gasteiger partial charge in [-0.05, 0) is 68.6 Å². The Morgan fingerprint density at radius 1 is 0.575 bits per heavy atom. The SMILES string of the molecule is CCCCCC[C@H]1[C@@H](/C=C/CCCCCCCC(=O)O)[C@@H](CCCCCCCC(=O)O)C=C[C@H]1CCCCCC. The largest absolute Gasteiger partial charge is 0.481 e. The van der Waals surface area contributed by atoms with Gasteiger partial charge in [0.25, 0.3) is 0 Å². The maximum Gasteiger partial charge on any atom is 0.303 e. The van der Waals surface area contributed by atoms with Crippen LogP contribution in [0.4, 0.5) is 0 Å². The molecule has 232 valence electrons. The second-order valence-electron chi connectivity index (χ2n) is 12.5. The lowest BCUT2D eigenvalue weighted by Crippen LogP contribution is -2.30. The van der Waals surface area contributed by atoms with E-state index in [1.165, 1.54) is 96.3 Å². The number of carboxylic acid groups (broad SMARTS) is 2. The van der Waals surface area contributed by atoms with Crippen LogP contribution < -0.4 is 0 Å². The van der Waals surface area contributed by atoms with Crippen LogP contribution in [0, 0.1) is 23.7 Å². The van der Waals surface area contributed by atoms with Crippen LogP contribution in [0.15, 0.2) is 24.3 Å². The van der Waals surface area contributed by atoms with Crippen molar-refractivity contribution in [3.8, 4) is 0 Å². The van der Waals surface area contributed by atoms with Gasteiger partial charge in [-0.3, -0.25) is 9.59 Å². The molecule has 0 aromatic carbocycles. The molecule has 0 radical (unpaired) electrons. The van der Waals surface area contributed by atoms with Crippen LogP contribution in [-0.4, -0.2) is 22.2 Å². The molecule has 0 heterocycles. The Morgan fingerprint density at radius 3 is 1.60 bits per heavy atom. The lowest BCUT2D eigenvalue weighted by molar-refractivity contribution is -0.138. The summed E-state index contributed by atoms with van der Waals surface area (Å²) in [5.74, 6) is 1.41. The molecule has 0 aliphatic heterocycles. The topological polar surface area (TPSA) is 74.6 Å². The molecule has 1 aliphatic carbocycles. The number of aliphatic carboxylic acids is 2. The molecule has 0 saturated heterocycles. The van der Waals surface area contributed by atoms with Crippen molar-refractivity contribution in [2.24, 2.45) is 23.7 Å². The van der Waals surface area contributed by atoms with Gasteiger partial charge in [-0.15, -0.1) is 0 Å². The molecule has 2 N–H and O–H groups in total. The van der Waals surface area contributed by atoms with Gasteiger partial charge in [0.2, 0.25) is 0 Å². The van der Waals surface area contributed by atoms with Gasteiger partial charge < -0.3 is 10.2 Å². The van der Waals surface area contributed by atoms with Gasteiger partial charge in [0.1, 0.15) is 0 Å². The van der Waals surface area contributed by atoms with Crippen molar-refractivity contribution in [3.05, 3.63) is 24.3 Å². The first kappa shape index (κ1) is 36.4. The Bertz CT molecular complexity index is 682. The van der Waals surface area contributed by atoms with E-state index in [9.17, 15) is 9.59 Å². The second kappa shape index (κ2) is 25.2. The monoisotopic (exact) mass is 560 g/mol. The van der Waals surface area contributed by atoms with E-state index in [4.69, 9.17) is 10.2 Å². The minimum absolute atomic E-state index is 0.304. The van der Waals surface area contributed by atoms with Gasteiger partial charge in [-0.1, -0.05) is 134 Å². The van der Waals surface area contributed by atoms with Crippen LogP contribution in [0.5, 0.6) is 0 Å². The number of carbonyl (C=O) groups is 2. The summed E-state index contributed by atoms with van der Waals surface area (Å²) >= 11 is 0. The summed E-state index contributed by atoms with van der Waals surface area (Å²) in [4.78, 5) is 21.5. The van der Waals surface area contributed by atoms with E-state index in [0.717, 1.165) is 56.8 Å². The van der Waals surface area contributed by atoms with Crippen LogP contribution >= 0.6 is 0 Å². The lowest BCUT2D eigenvalue weighted by Gasteiger charge is -2.39. The van der Waals surface area contributed by atoms with Crippen LogP contribution in [0.2, 0.25) is 0 Å². The van der Waals surface area contributed by atoms with E-state index in [1.54, 1.807) is 0 Å². The molecule has 1 rings (SSSR count). The third-order valence-electron chi connectivity index (χ3n) is 8.97. The van der Waals surface area contributed by atoms with Crippen molar-refractivity contribution in [3.63, 3.8) is 0 Å². The first-order chi connectivity index (χ1) is 19.5. The fourth-order valence-corrected chi connectivity index (χ4v) is 6.57. The number of hydrogen-bond donors (Lipinski definition) is 2. The van der Waals surface area contributed by atoms with Gasteiger partial charge in [0.15, 0.2) is 0 Å². The quantitative estimate of drug-likeness (QED) is 0.0774. The molecule has 40 heavy (non-hydrogen) atoms. The fourth-order valence-electron chi connectivity index (χ4n) is 6.57. The summed E-state index contributed by atoms with van der Waals surface area (Å²) in [6.07, 6.45) is 37.5. The second-order valence-corrected chi connectivity index (χ2v) is 12.5. The maximum absolute atomic E-state index is 10.8. The van der Waals surface area contributed by atoms with E-state index in [-0.39, 0.29) is 0 Å². The lowest BCUT2D eigenvalue weighted by atomic mass is 9.66. The van der Waals surface area contributed by atoms with E-state index >= 15 is 0 Å². The van der Waals surface area contributed by atoms with Crippen molar-refractivity contribution < 1.29 is 19.8 Å². The average molecular weight is 561 g/mol. The molecule has 4 heteroatoms. The number of carboxylic acids is 2. The minimum Gasteiger partial charge on any atom is -0.481 e. The predicted molar refractivity (Wildman–Crippen MR) is 170 cm³/mol. The third kappa shape index (κ3) is 18.7. The van der Waals surface area contributed by atoms with E-state index in [2.05, 4.69) is 38.2 Å². The zero-order valence-electron chi connectivity index (χ0n) is 26.3. The molecule has 0 fully saturated rings. The van der Waals surface area contributed by atoms with Crippen LogP contribution in [0.1, 0.15) is 168 Å². The third-order valence-corrected chi connectivity index (χ3v) is 8.97. The maximum atomic E-state index is 10.8. The van der Waals surface area contributed by atoms with Gasteiger partial charge >= 0.3 is 11.9 Å². The zero-order chi connectivity index (χ0) is 29.3. The van der Waals surface area contributed by atoms with Crippen LogP contribution in [0.25, 0.3) is 0 Å². The summed E-state index contributed by atoms with van der Waals surface area (Å²) in [5.41, 5.74) is 0. The molecule has 0 amide bonds. The van der Waals surface area contributed by atoms with Gasteiger partial charge in [0.05, 0.1) is 0 Å². The normalized spacial score (nSPS) is 20.9. The number of allylic oxidation sites excluding steroid dienone is 4. The van der Waals surface area contributed by atoms with Crippen molar-refractivity contribution in [1.82, 2.24) is 0 Å². The highest BCUT2D eigenvalue weighted by molar-refractivity contribution is 5.66. The van der Waals surface area contributed by atoms with Gasteiger partial charge in [0, 0.05) is 12.8 Å². The highest BCUT2D eigenvalue weighted by Crippen LogP contribution is 2.43. The summed E-state index contributed by atoms with van der Waals surface area (Å²) in [6.45, 7) is 4.60. The standard InChI is InChI=1S/C36H64O4/c1-3-5-7-17-23-31-29-30-32(24-18-13-12-16-22-28-36(39)40)34(33(31)25-19-8-6-4-2)26-20-14-10-9-11-15-21-27-35(37)38/h20,26,29-34H,3-19,21-25,27-28H2,1-2H3,(H,37,38)(H,39,40)/b26-20+/t31-,32+,33-,34+/m1/s1. The Hall–Kier alpha value is -1.58. The van der Waals surface area contributed by atoms with Crippen molar-refractivity contribution in [2.45, 2.75) is 168 Å². The summed E-state index contributed by atoms with van der Waals surface area (Å²) in [7, 11) is 0. The zero-order valence-corrected chi connectivity index (χ0v) is 26.3. The van der Waals surface area contributed by atoms with Crippen LogP contribution in [0.3, 0.4) is 0 Å². The van der Waals surface area contributed by atoms with Gasteiger partial charge in [-0.25, -0.2) is 0 Å². The highest BCUT2D eigenvalue weighted by Gasteiger charge is 2.33. The molecule has 0 saturated carbocycles. The van der Waals surface area contributed by atoms with E-state index < -0.39 is 11.9 Å². The Labute approximate surface area is 247 Å². The van der Waals surface area contributed by atoms with Crippen molar-refractivity contribution >= 4 is 11.9 Å².